The van der Waals surface area contributed by atoms with E-state index < -0.39 is 10.0 Å². The zero-order valence-electron chi connectivity index (χ0n) is 17.6. The second kappa shape index (κ2) is 8.62. The first-order valence-electron chi connectivity index (χ1n) is 10.5. The monoisotopic (exact) mass is 485 g/mol. The number of thioether (sulfide) groups is 1. The highest BCUT2D eigenvalue weighted by Gasteiger charge is 2.33. The minimum Gasteiger partial charge on any atom is -0.302 e. The van der Waals surface area contributed by atoms with Crippen molar-refractivity contribution in [1.82, 2.24) is 9.29 Å². The molecule has 0 bridgehead atoms. The summed E-state index contributed by atoms with van der Waals surface area (Å²) in [6, 6.07) is 15.3. The Morgan fingerprint density at radius 3 is 2.62 bits per heavy atom. The van der Waals surface area contributed by atoms with Crippen molar-refractivity contribution in [3.63, 3.8) is 0 Å². The fourth-order valence-electron chi connectivity index (χ4n) is 4.35. The average molecular weight is 486 g/mol. The first-order valence-corrected chi connectivity index (χ1v) is 14.0. The summed E-state index contributed by atoms with van der Waals surface area (Å²) >= 11 is 2.95. The van der Waals surface area contributed by atoms with Crippen LogP contribution < -0.4 is 5.32 Å². The molecule has 5 rings (SSSR count). The third kappa shape index (κ3) is 3.87. The number of nitrogens with zero attached hydrogens (tertiary/aromatic N) is 2. The van der Waals surface area contributed by atoms with Crippen molar-refractivity contribution in [2.24, 2.45) is 5.92 Å². The number of benzene rings is 2. The van der Waals surface area contributed by atoms with Crippen molar-refractivity contribution in [2.45, 2.75) is 29.1 Å². The number of hydrogen-bond donors (Lipinski definition) is 1. The van der Waals surface area contributed by atoms with E-state index in [0.717, 1.165) is 22.6 Å². The second-order valence-corrected chi connectivity index (χ2v) is 11.8. The van der Waals surface area contributed by atoms with Gasteiger partial charge in [0.2, 0.25) is 15.9 Å². The number of carbonyl (C=O) groups is 1. The number of piperidine rings is 1. The van der Waals surface area contributed by atoms with Crippen LogP contribution in [0, 0.1) is 5.92 Å². The summed E-state index contributed by atoms with van der Waals surface area (Å²) in [5, 5.41) is 3.60. The highest BCUT2D eigenvalue weighted by atomic mass is 32.2. The van der Waals surface area contributed by atoms with E-state index in [2.05, 4.69) is 22.4 Å². The van der Waals surface area contributed by atoms with Crippen molar-refractivity contribution >= 4 is 44.2 Å². The normalized spacial score (nSPS) is 16.5. The lowest BCUT2D eigenvalue weighted by molar-refractivity contribution is -0.120. The van der Waals surface area contributed by atoms with Crippen LogP contribution in [-0.2, 0) is 21.2 Å². The molecule has 0 radical (unpaired) electrons. The SMILES string of the molecule is CSc1ccccc1S(=O)(=O)N1CCC(C(=O)Nc2nc3c(s2)Cc2ccccc2-3)CC1. The van der Waals surface area contributed by atoms with E-state index in [4.69, 9.17) is 0 Å². The van der Waals surface area contributed by atoms with Gasteiger partial charge >= 0.3 is 0 Å². The maximum atomic E-state index is 13.1. The van der Waals surface area contributed by atoms with E-state index >= 15 is 0 Å². The van der Waals surface area contributed by atoms with Crippen LogP contribution in [0.3, 0.4) is 0 Å². The van der Waals surface area contributed by atoms with Crippen LogP contribution in [0.15, 0.2) is 58.3 Å². The Balaban J connectivity index is 1.23. The number of fused-ring (bicyclic) bond motifs is 3. The van der Waals surface area contributed by atoms with E-state index in [0.29, 0.717) is 36.0 Å². The Morgan fingerprint density at radius 2 is 1.84 bits per heavy atom. The highest BCUT2D eigenvalue weighted by Crippen LogP contribution is 2.41. The van der Waals surface area contributed by atoms with Gasteiger partial charge in [-0.3, -0.25) is 4.79 Å². The number of anilines is 1. The van der Waals surface area contributed by atoms with Gasteiger partial charge in [-0.1, -0.05) is 36.4 Å². The molecule has 1 aliphatic carbocycles. The van der Waals surface area contributed by atoms with Crippen LogP contribution >= 0.6 is 23.1 Å². The van der Waals surface area contributed by atoms with Crippen molar-refractivity contribution < 1.29 is 13.2 Å². The Hall–Kier alpha value is -2.20. The van der Waals surface area contributed by atoms with E-state index in [1.54, 1.807) is 12.1 Å². The van der Waals surface area contributed by atoms with Crippen LogP contribution in [0.25, 0.3) is 11.3 Å². The Labute approximate surface area is 196 Å². The van der Waals surface area contributed by atoms with Gasteiger partial charge in [-0.2, -0.15) is 4.31 Å². The van der Waals surface area contributed by atoms with Crippen molar-refractivity contribution in [1.29, 1.82) is 0 Å². The van der Waals surface area contributed by atoms with E-state index in [9.17, 15) is 13.2 Å². The molecule has 0 atom stereocenters. The van der Waals surface area contributed by atoms with E-state index in [1.165, 1.54) is 37.8 Å². The molecule has 3 aromatic rings. The number of nitrogens with one attached hydrogen (secondary N) is 1. The van der Waals surface area contributed by atoms with Gasteiger partial charge in [-0.15, -0.1) is 23.1 Å². The topological polar surface area (TPSA) is 79.4 Å². The van der Waals surface area contributed by atoms with Gasteiger partial charge in [0.15, 0.2) is 5.13 Å². The van der Waals surface area contributed by atoms with Crippen LogP contribution in [0.1, 0.15) is 23.3 Å². The van der Waals surface area contributed by atoms with Gasteiger partial charge in [0.05, 0.1) is 10.6 Å². The molecule has 0 saturated carbocycles. The summed E-state index contributed by atoms with van der Waals surface area (Å²) in [5.41, 5.74) is 3.38. The first kappa shape index (κ1) is 21.6. The van der Waals surface area contributed by atoms with Crippen LogP contribution in [0.2, 0.25) is 0 Å². The molecule has 0 spiro atoms. The smallest absolute Gasteiger partial charge is 0.244 e. The predicted octanol–water partition coefficient (Wildman–Crippen LogP) is 4.48. The molecular weight excluding hydrogens is 462 g/mol. The van der Waals surface area contributed by atoms with Gasteiger partial charge in [0, 0.05) is 40.8 Å². The Morgan fingerprint density at radius 1 is 1.12 bits per heavy atom. The van der Waals surface area contributed by atoms with Crippen LogP contribution in [0.4, 0.5) is 5.13 Å². The molecule has 32 heavy (non-hydrogen) atoms. The first-order chi connectivity index (χ1) is 15.5. The molecule has 2 aliphatic rings. The zero-order chi connectivity index (χ0) is 22.3. The number of aromatic nitrogens is 1. The minimum atomic E-state index is -3.57. The Bertz CT molecular complexity index is 1280. The average Bonchev–Trinajstić information content (AvgIpc) is 3.36. The third-order valence-electron chi connectivity index (χ3n) is 6.06. The third-order valence-corrected chi connectivity index (χ3v) is 9.92. The quantitative estimate of drug-likeness (QED) is 0.422. The number of sulfonamides is 1. The summed E-state index contributed by atoms with van der Waals surface area (Å²) in [5.74, 6) is -0.296. The summed E-state index contributed by atoms with van der Waals surface area (Å²) < 4.78 is 27.7. The second-order valence-electron chi connectivity index (χ2n) is 7.94. The number of carbonyl (C=O) groups excluding carboxylic acids is 1. The van der Waals surface area contributed by atoms with Gasteiger partial charge in [-0.05, 0) is 36.8 Å². The van der Waals surface area contributed by atoms with Crippen LogP contribution in [-0.4, -0.2) is 43.0 Å². The van der Waals surface area contributed by atoms with Crippen molar-refractivity contribution in [3.8, 4) is 11.3 Å². The number of hydrogen-bond acceptors (Lipinski definition) is 6. The summed E-state index contributed by atoms with van der Waals surface area (Å²) in [7, 11) is -3.57. The maximum Gasteiger partial charge on any atom is 0.244 e. The molecule has 1 saturated heterocycles. The fraction of sp³-hybridized carbons (Fsp3) is 0.304. The molecule has 1 N–H and O–H groups in total. The lowest BCUT2D eigenvalue weighted by Crippen LogP contribution is -2.41. The summed E-state index contributed by atoms with van der Waals surface area (Å²) in [4.78, 5) is 19.8. The Kier molecular flexibility index (Phi) is 5.83. The molecule has 1 amide bonds. The summed E-state index contributed by atoms with van der Waals surface area (Å²) in [6.45, 7) is 0.676. The number of rotatable bonds is 5. The van der Waals surface area contributed by atoms with Gasteiger partial charge in [-0.25, -0.2) is 13.4 Å². The summed E-state index contributed by atoms with van der Waals surface area (Å²) in [6.07, 6.45) is 3.73. The van der Waals surface area contributed by atoms with Gasteiger partial charge in [0.25, 0.3) is 0 Å². The number of amides is 1. The highest BCUT2D eigenvalue weighted by molar-refractivity contribution is 7.99. The fourth-order valence-corrected chi connectivity index (χ4v) is 7.94. The molecular formula is C23H23N3O3S3. The maximum absolute atomic E-state index is 13.1. The van der Waals surface area contributed by atoms with Crippen LogP contribution in [0.5, 0.6) is 0 Å². The molecule has 1 aliphatic heterocycles. The molecule has 9 heteroatoms. The van der Waals surface area contributed by atoms with E-state index in [1.807, 2.05) is 30.5 Å². The lowest BCUT2D eigenvalue weighted by Gasteiger charge is -2.30. The molecule has 1 aromatic heterocycles. The van der Waals surface area contributed by atoms with E-state index in [-0.39, 0.29) is 11.8 Å². The van der Waals surface area contributed by atoms with Gasteiger partial charge in [0.1, 0.15) is 0 Å². The van der Waals surface area contributed by atoms with Crippen molar-refractivity contribution in [2.75, 3.05) is 24.7 Å². The largest absolute Gasteiger partial charge is 0.302 e. The standard InChI is InChI=1S/C23H23N3O3S3/c1-30-18-8-4-5-9-20(18)32(28,29)26-12-10-15(11-13-26)22(27)25-23-24-21-17-7-3-2-6-16(17)14-19(21)31-23/h2-9,15H,10-14H2,1H3,(H,24,25,27). The molecule has 0 unspecified atom stereocenters. The molecule has 6 nitrogen and oxygen atoms in total. The molecule has 166 valence electrons. The zero-order valence-corrected chi connectivity index (χ0v) is 20.0. The minimum absolute atomic E-state index is 0.0766. The van der Waals surface area contributed by atoms with Gasteiger partial charge < -0.3 is 5.32 Å². The van der Waals surface area contributed by atoms with Crippen molar-refractivity contribution in [3.05, 3.63) is 59.0 Å². The number of thiazole rings is 1. The predicted molar refractivity (Wildman–Crippen MR) is 129 cm³/mol. The lowest BCUT2D eigenvalue weighted by atomic mass is 9.97. The molecule has 2 aromatic carbocycles. The molecule has 2 heterocycles. The molecule has 1 fully saturated rings.